The average molecular weight is 365 g/mol. The Morgan fingerprint density at radius 3 is 2.68 bits per heavy atom. The van der Waals surface area contributed by atoms with Gasteiger partial charge in [-0.3, -0.25) is 9.69 Å². The van der Waals surface area contributed by atoms with Crippen molar-refractivity contribution in [3.63, 3.8) is 0 Å². The zero-order valence-corrected chi connectivity index (χ0v) is 14.6. The van der Waals surface area contributed by atoms with Crippen LogP contribution in [0.5, 0.6) is 0 Å². The Balaban J connectivity index is 1.73. The maximum absolute atomic E-state index is 13.7. The molecule has 2 aromatic carbocycles. The molecule has 1 aliphatic rings. The number of rotatable bonds is 6. The van der Waals surface area contributed by atoms with E-state index in [1.807, 2.05) is 36.1 Å². The van der Waals surface area contributed by atoms with Crippen molar-refractivity contribution in [2.24, 2.45) is 0 Å². The number of carbonyl (C=O) groups excluding carboxylic acids is 1. The van der Waals surface area contributed by atoms with Crippen LogP contribution in [-0.2, 0) is 4.79 Å². The lowest BCUT2D eigenvalue weighted by atomic mass is 10.1. The Hall–Kier alpha value is -1.98. The van der Waals surface area contributed by atoms with Gasteiger partial charge < -0.3 is 5.32 Å². The van der Waals surface area contributed by atoms with Gasteiger partial charge in [-0.15, -0.1) is 0 Å². The standard InChI is InChI=1S/C19H19ClF2N2O/c1-12(15-4-2-3-5-16(15)20)24(14-7-8-14)11-19(25)23-18-10-13(21)6-9-17(18)22/h2-6,9-10,12,14H,7-8,11H2,1H3,(H,23,25)/t12-/m1/s1. The lowest BCUT2D eigenvalue weighted by Gasteiger charge is -2.29. The number of hydrogen-bond acceptors (Lipinski definition) is 2. The van der Waals surface area contributed by atoms with Gasteiger partial charge in [0.15, 0.2) is 0 Å². The fourth-order valence-electron chi connectivity index (χ4n) is 2.93. The van der Waals surface area contributed by atoms with Crippen molar-refractivity contribution in [2.45, 2.75) is 31.8 Å². The van der Waals surface area contributed by atoms with Crippen LogP contribution in [-0.4, -0.2) is 23.4 Å². The molecule has 3 rings (SSSR count). The van der Waals surface area contributed by atoms with E-state index in [9.17, 15) is 13.6 Å². The second kappa shape index (κ2) is 7.50. The summed E-state index contributed by atoms with van der Waals surface area (Å²) in [4.78, 5) is 14.4. The first-order chi connectivity index (χ1) is 12.0. The molecule has 0 aromatic heterocycles. The van der Waals surface area contributed by atoms with Crippen LogP contribution in [0.2, 0.25) is 5.02 Å². The van der Waals surface area contributed by atoms with E-state index in [0.29, 0.717) is 11.1 Å². The van der Waals surface area contributed by atoms with E-state index >= 15 is 0 Å². The molecular weight excluding hydrogens is 346 g/mol. The van der Waals surface area contributed by atoms with E-state index in [0.717, 1.165) is 36.6 Å². The molecule has 0 radical (unpaired) electrons. The lowest BCUT2D eigenvalue weighted by molar-refractivity contribution is -0.118. The van der Waals surface area contributed by atoms with Crippen molar-refractivity contribution < 1.29 is 13.6 Å². The lowest BCUT2D eigenvalue weighted by Crippen LogP contribution is -2.37. The number of carbonyl (C=O) groups is 1. The minimum atomic E-state index is -0.660. The summed E-state index contributed by atoms with van der Waals surface area (Å²) in [6.45, 7) is 2.09. The monoisotopic (exact) mass is 364 g/mol. The minimum Gasteiger partial charge on any atom is -0.322 e. The highest BCUT2D eigenvalue weighted by Crippen LogP contribution is 2.36. The molecule has 6 heteroatoms. The zero-order chi connectivity index (χ0) is 18.0. The Kier molecular flexibility index (Phi) is 5.35. The quantitative estimate of drug-likeness (QED) is 0.799. The van der Waals surface area contributed by atoms with Crippen LogP contribution in [0.15, 0.2) is 42.5 Å². The van der Waals surface area contributed by atoms with Gasteiger partial charge in [0.05, 0.1) is 12.2 Å². The van der Waals surface area contributed by atoms with Crippen molar-refractivity contribution in [1.82, 2.24) is 4.90 Å². The third kappa shape index (κ3) is 4.35. The number of hydrogen-bond donors (Lipinski definition) is 1. The normalized spacial score (nSPS) is 15.2. The van der Waals surface area contributed by atoms with E-state index in [1.165, 1.54) is 0 Å². The van der Waals surface area contributed by atoms with Crippen LogP contribution >= 0.6 is 11.6 Å². The highest BCUT2D eigenvalue weighted by molar-refractivity contribution is 6.31. The van der Waals surface area contributed by atoms with Crippen molar-refractivity contribution >= 4 is 23.2 Å². The van der Waals surface area contributed by atoms with E-state index in [2.05, 4.69) is 5.32 Å². The van der Waals surface area contributed by atoms with Gasteiger partial charge in [0.2, 0.25) is 5.91 Å². The molecule has 132 valence electrons. The van der Waals surface area contributed by atoms with Crippen LogP contribution < -0.4 is 5.32 Å². The topological polar surface area (TPSA) is 32.3 Å². The van der Waals surface area contributed by atoms with E-state index in [-0.39, 0.29) is 24.2 Å². The van der Waals surface area contributed by atoms with E-state index < -0.39 is 11.6 Å². The molecule has 1 atom stereocenters. The Labute approximate surface area is 150 Å². The largest absolute Gasteiger partial charge is 0.322 e. The summed E-state index contributed by atoms with van der Waals surface area (Å²) in [7, 11) is 0. The molecule has 0 spiro atoms. The first-order valence-corrected chi connectivity index (χ1v) is 8.58. The van der Waals surface area contributed by atoms with Crippen LogP contribution in [0.25, 0.3) is 0 Å². The predicted octanol–water partition coefficient (Wildman–Crippen LogP) is 4.78. The molecule has 0 aliphatic heterocycles. The first kappa shape index (κ1) is 17.8. The second-order valence-electron chi connectivity index (χ2n) is 6.27. The van der Waals surface area contributed by atoms with Crippen molar-refractivity contribution in [3.8, 4) is 0 Å². The summed E-state index contributed by atoms with van der Waals surface area (Å²) in [6, 6.07) is 10.8. The molecule has 2 aromatic rings. The fourth-order valence-corrected chi connectivity index (χ4v) is 3.22. The Morgan fingerprint density at radius 1 is 1.28 bits per heavy atom. The number of benzene rings is 2. The van der Waals surface area contributed by atoms with Crippen LogP contribution in [0.1, 0.15) is 31.4 Å². The molecular formula is C19H19ClF2N2O. The van der Waals surface area contributed by atoms with Gasteiger partial charge in [0.1, 0.15) is 11.6 Å². The summed E-state index contributed by atoms with van der Waals surface area (Å²) >= 11 is 6.27. The minimum absolute atomic E-state index is 0.0516. The summed E-state index contributed by atoms with van der Waals surface area (Å²) in [5, 5.41) is 3.11. The summed E-state index contributed by atoms with van der Waals surface area (Å²) in [5.41, 5.74) is 0.798. The van der Waals surface area contributed by atoms with E-state index in [4.69, 9.17) is 11.6 Å². The first-order valence-electron chi connectivity index (χ1n) is 8.21. The third-order valence-corrected chi connectivity index (χ3v) is 4.74. The Morgan fingerprint density at radius 2 is 2.00 bits per heavy atom. The number of nitrogens with zero attached hydrogens (tertiary/aromatic N) is 1. The van der Waals surface area contributed by atoms with E-state index in [1.54, 1.807) is 0 Å². The molecule has 1 amide bonds. The molecule has 1 fully saturated rings. The maximum Gasteiger partial charge on any atom is 0.238 e. The number of anilines is 1. The number of nitrogens with one attached hydrogen (secondary N) is 1. The van der Waals surface area contributed by atoms with Gasteiger partial charge in [0, 0.05) is 23.2 Å². The van der Waals surface area contributed by atoms with Crippen molar-refractivity contribution in [1.29, 1.82) is 0 Å². The molecule has 0 bridgehead atoms. The van der Waals surface area contributed by atoms with Gasteiger partial charge in [-0.2, -0.15) is 0 Å². The van der Waals surface area contributed by atoms with Crippen molar-refractivity contribution in [3.05, 3.63) is 64.7 Å². The average Bonchev–Trinajstić information content (AvgIpc) is 3.41. The zero-order valence-electron chi connectivity index (χ0n) is 13.8. The Bertz CT molecular complexity index is 780. The van der Waals surface area contributed by atoms with Gasteiger partial charge >= 0.3 is 0 Å². The molecule has 1 N–H and O–H groups in total. The molecule has 0 unspecified atom stereocenters. The van der Waals surface area contributed by atoms with Gasteiger partial charge in [-0.1, -0.05) is 29.8 Å². The molecule has 1 saturated carbocycles. The highest BCUT2D eigenvalue weighted by Gasteiger charge is 2.34. The van der Waals surface area contributed by atoms with Crippen molar-refractivity contribution in [2.75, 3.05) is 11.9 Å². The molecule has 25 heavy (non-hydrogen) atoms. The smallest absolute Gasteiger partial charge is 0.238 e. The predicted molar refractivity (Wildman–Crippen MR) is 94.6 cm³/mol. The van der Waals surface area contributed by atoms with Crippen LogP contribution in [0.4, 0.5) is 14.5 Å². The molecule has 1 aliphatic carbocycles. The van der Waals surface area contributed by atoms with Crippen LogP contribution in [0, 0.1) is 11.6 Å². The highest BCUT2D eigenvalue weighted by atomic mass is 35.5. The summed E-state index contributed by atoms with van der Waals surface area (Å²) < 4.78 is 27.0. The second-order valence-corrected chi connectivity index (χ2v) is 6.68. The maximum atomic E-state index is 13.7. The molecule has 0 saturated heterocycles. The summed E-state index contributed by atoms with van der Waals surface area (Å²) in [5.74, 6) is -1.64. The molecule has 3 nitrogen and oxygen atoms in total. The van der Waals surface area contributed by atoms with Gasteiger partial charge in [-0.25, -0.2) is 8.78 Å². The number of halogens is 3. The SMILES string of the molecule is C[C@H](c1ccccc1Cl)N(CC(=O)Nc1cc(F)ccc1F)C1CC1. The number of amides is 1. The summed E-state index contributed by atoms with van der Waals surface area (Å²) in [6.07, 6.45) is 2.02. The van der Waals surface area contributed by atoms with Crippen LogP contribution in [0.3, 0.4) is 0 Å². The van der Waals surface area contributed by atoms with Gasteiger partial charge in [0.25, 0.3) is 0 Å². The third-order valence-electron chi connectivity index (χ3n) is 4.40. The fraction of sp³-hybridized carbons (Fsp3) is 0.316. The van der Waals surface area contributed by atoms with Gasteiger partial charge in [-0.05, 0) is 43.5 Å². The molecule has 0 heterocycles.